The number of amides is 1. The quantitative estimate of drug-likeness (QED) is 0.205. The van der Waals surface area contributed by atoms with Crippen molar-refractivity contribution in [1.29, 1.82) is 0 Å². The second-order valence-corrected chi connectivity index (χ2v) is 9.21. The van der Waals surface area contributed by atoms with E-state index >= 15 is 0 Å². The van der Waals surface area contributed by atoms with Gasteiger partial charge in [0.15, 0.2) is 0 Å². The van der Waals surface area contributed by atoms with Crippen molar-refractivity contribution in [2.24, 2.45) is 0 Å². The average molecular weight is 534 g/mol. The number of hydrogen-bond acceptors (Lipinski definition) is 7. The SMILES string of the molecule is C=CC(=O)NCc1cccc(Nc2cc3cc(c2)Nc2nccc(n2)-c2cccc(c2)OCC/C=C/COC3)c1. The number of nitrogens with zero attached hydrogens (tertiary/aromatic N) is 2. The molecule has 3 aromatic carbocycles. The number of carbonyl (C=O) groups is 1. The van der Waals surface area contributed by atoms with Gasteiger partial charge in [-0.2, -0.15) is 0 Å². The predicted molar refractivity (Wildman–Crippen MR) is 158 cm³/mol. The van der Waals surface area contributed by atoms with Gasteiger partial charge in [-0.1, -0.05) is 43.0 Å². The van der Waals surface area contributed by atoms with E-state index in [2.05, 4.69) is 39.7 Å². The highest BCUT2D eigenvalue weighted by Crippen LogP contribution is 2.27. The van der Waals surface area contributed by atoms with Crippen LogP contribution in [0, 0.1) is 0 Å². The van der Waals surface area contributed by atoms with E-state index < -0.39 is 0 Å². The lowest BCUT2D eigenvalue weighted by Gasteiger charge is -2.14. The minimum atomic E-state index is -0.207. The van der Waals surface area contributed by atoms with Crippen LogP contribution in [0.15, 0.2) is 104 Å². The first-order chi connectivity index (χ1) is 19.6. The molecule has 0 unspecified atom stereocenters. The molecular formula is C32H31N5O3. The Bertz CT molecular complexity index is 1520. The van der Waals surface area contributed by atoms with E-state index in [4.69, 9.17) is 14.5 Å². The molecule has 1 aliphatic rings. The summed E-state index contributed by atoms with van der Waals surface area (Å²) >= 11 is 0. The van der Waals surface area contributed by atoms with Gasteiger partial charge in [-0.05, 0) is 72.2 Å². The molecule has 1 amide bonds. The van der Waals surface area contributed by atoms with Crippen molar-refractivity contribution in [2.45, 2.75) is 19.6 Å². The molecule has 0 saturated heterocycles. The fourth-order valence-electron chi connectivity index (χ4n) is 4.24. The van der Waals surface area contributed by atoms with Gasteiger partial charge in [0.25, 0.3) is 0 Å². The van der Waals surface area contributed by atoms with E-state index in [1.165, 1.54) is 6.08 Å². The smallest absolute Gasteiger partial charge is 0.243 e. The Morgan fingerprint density at radius 1 is 1.02 bits per heavy atom. The third kappa shape index (κ3) is 7.55. The van der Waals surface area contributed by atoms with Gasteiger partial charge in [0, 0.05) is 35.4 Å². The highest BCUT2D eigenvalue weighted by atomic mass is 16.5. The average Bonchev–Trinajstić information content (AvgIpc) is 2.97. The molecule has 4 aromatic rings. The molecule has 0 radical (unpaired) electrons. The Labute approximate surface area is 233 Å². The van der Waals surface area contributed by atoms with Crippen LogP contribution in [0.3, 0.4) is 0 Å². The first kappa shape index (κ1) is 26.6. The molecule has 2 heterocycles. The van der Waals surface area contributed by atoms with Crippen LogP contribution in [0.1, 0.15) is 17.5 Å². The lowest BCUT2D eigenvalue weighted by Crippen LogP contribution is -2.19. The van der Waals surface area contributed by atoms with Crippen LogP contribution in [-0.4, -0.2) is 29.1 Å². The Kier molecular flexibility index (Phi) is 8.80. The summed E-state index contributed by atoms with van der Waals surface area (Å²) in [4.78, 5) is 20.8. The zero-order chi connectivity index (χ0) is 27.6. The van der Waals surface area contributed by atoms with Gasteiger partial charge in [0.2, 0.25) is 11.9 Å². The van der Waals surface area contributed by atoms with Gasteiger partial charge in [-0.3, -0.25) is 4.79 Å². The van der Waals surface area contributed by atoms with E-state index in [1.807, 2.05) is 72.8 Å². The Balaban J connectivity index is 1.42. The van der Waals surface area contributed by atoms with E-state index in [1.54, 1.807) is 6.20 Å². The summed E-state index contributed by atoms with van der Waals surface area (Å²) in [5, 5.41) is 9.64. The molecule has 202 valence electrons. The summed E-state index contributed by atoms with van der Waals surface area (Å²) in [6, 6.07) is 23.8. The molecule has 1 aliphatic heterocycles. The van der Waals surface area contributed by atoms with Crippen molar-refractivity contribution in [1.82, 2.24) is 15.3 Å². The van der Waals surface area contributed by atoms with Crippen molar-refractivity contribution in [2.75, 3.05) is 23.8 Å². The van der Waals surface area contributed by atoms with Crippen LogP contribution in [0.2, 0.25) is 0 Å². The van der Waals surface area contributed by atoms with Crippen LogP contribution >= 0.6 is 0 Å². The molecule has 8 nitrogen and oxygen atoms in total. The standard InChI is InChI=1S/C32H31N5O3/c1-2-31(38)34-21-23-8-6-10-26(16-23)35-27-17-24-18-28(20-27)36-32-33-13-12-30(37-32)25-9-7-11-29(19-25)40-15-5-3-4-14-39-22-24/h2-4,6-13,16-20,35H,1,5,14-15,21-22H2,(H,34,38)(H,33,36,37)/b4-3+. The summed E-state index contributed by atoms with van der Waals surface area (Å²) < 4.78 is 11.8. The Morgan fingerprint density at radius 2 is 1.95 bits per heavy atom. The number of fused-ring (bicyclic) bond motifs is 7. The maximum absolute atomic E-state index is 11.6. The first-order valence-corrected chi connectivity index (χ1v) is 13.1. The summed E-state index contributed by atoms with van der Waals surface area (Å²) in [7, 11) is 0. The van der Waals surface area contributed by atoms with Crippen molar-refractivity contribution in [3.05, 3.63) is 115 Å². The molecule has 0 aliphatic carbocycles. The number of aromatic nitrogens is 2. The molecule has 0 fully saturated rings. The number of ether oxygens (including phenoxy) is 2. The molecule has 40 heavy (non-hydrogen) atoms. The second kappa shape index (κ2) is 13.2. The summed E-state index contributed by atoms with van der Waals surface area (Å²) in [5.41, 5.74) is 6.30. The zero-order valence-electron chi connectivity index (χ0n) is 22.1. The third-order valence-electron chi connectivity index (χ3n) is 6.10. The van der Waals surface area contributed by atoms with E-state index in [0.29, 0.717) is 32.3 Å². The zero-order valence-corrected chi connectivity index (χ0v) is 22.1. The maximum atomic E-state index is 11.6. The largest absolute Gasteiger partial charge is 0.493 e. The molecule has 0 spiro atoms. The lowest BCUT2D eigenvalue weighted by atomic mass is 10.1. The van der Waals surface area contributed by atoms with Crippen molar-refractivity contribution < 1.29 is 14.3 Å². The van der Waals surface area contributed by atoms with Gasteiger partial charge in [0.1, 0.15) is 5.75 Å². The fourth-order valence-corrected chi connectivity index (χ4v) is 4.24. The molecule has 0 saturated carbocycles. The van der Waals surface area contributed by atoms with Crippen LogP contribution in [-0.2, 0) is 22.7 Å². The van der Waals surface area contributed by atoms with E-state index in [0.717, 1.165) is 51.6 Å². The number of anilines is 4. The predicted octanol–water partition coefficient (Wildman–Crippen LogP) is 6.29. The number of nitrogens with one attached hydrogen (secondary N) is 3. The van der Waals surface area contributed by atoms with Gasteiger partial charge in [-0.15, -0.1) is 0 Å². The summed E-state index contributed by atoms with van der Waals surface area (Å²) in [6.45, 7) is 5.42. The fraction of sp³-hybridized carbons (Fsp3) is 0.156. The Hall–Kier alpha value is -4.95. The van der Waals surface area contributed by atoms with Crippen LogP contribution in [0.5, 0.6) is 5.75 Å². The summed E-state index contributed by atoms with van der Waals surface area (Å²) in [5.74, 6) is 1.07. The topological polar surface area (TPSA) is 97.4 Å². The lowest BCUT2D eigenvalue weighted by molar-refractivity contribution is -0.116. The number of hydrogen-bond donors (Lipinski definition) is 3. The van der Waals surface area contributed by atoms with Gasteiger partial charge in [-0.25, -0.2) is 9.97 Å². The van der Waals surface area contributed by atoms with Crippen molar-refractivity contribution in [3.63, 3.8) is 0 Å². The molecule has 3 N–H and O–H groups in total. The van der Waals surface area contributed by atoms with E-state index in [9.17, 15) is 4.79 Å². The summed E-state index contributed by atoms with van der Waals surface area (Å²) in [6.07, 6.45) is 7.87. The first-order valence-electron chi connectivity index (χ1n) is 13.1. The molecule has 5 rings (SSSR count). The number of rotatable bonds is 5. The van der Waals surface area contributed by atoms with Gasteiger partial charge < -0.3 is 25.4 Å². The van der Waals surface area contributed by atoms with Crippen molar-refractivity contribution >= 4 is 28.9 Å². The Morgan fingerprint density at radius 3 is 2.88 bits per heavy atom. The number of carbonyl (C=O) groups excluding carboxylic acids is 1. The van der Waals surface area contributed by atoms with Crippen LogP contribution in [0.4, 0.5) is 23.0 Å². The van der Waals surface area contributed by atoms with Crippen LogP contribution in [0.25, 0.3) is 11.3 Å². The van der Waals surface area contributed by atoms with Gasteiger partial charge >= 0.3 is 0 Å². The minimum Gasteiger partial charge on any atom is -0.493 e. The normalized spacial score (nSPS) is 13.9. The third-order valence-corrected chi connectivity index (χ3v) is 6.10. The molecular weight excluding hydrogens is 502 g/mol. The van der Waals surface area contributed by atoms with Crippen LogP contribution < -0.4 is 20.7 Å². The highest BCUT2D eigenvalue weighted by molar-refractivity contribution is 5.86. The second-order valence-electron chi connectivity index (χ2n) is 9.21. The molecule has 0 atom stereocenters. The van der Waals surface area contributed by atoms with Gasteiger partial charge in [0.05, 0.1) is 25.5 Å². The molecule has 1 aromatic heterocycles. The maximum Gasteiger partial charge on any atom is 0.243 e. The molecule has 6 bridgehead atoms. The minimum absolute atomic E-state index is 0.207. The van der Waals surface area contributed by atoms with Crippen molar-refractivity contribution in [3.8, 4) is 17.0 Å². The molecule has 8 heteroatoms. The van der Waals surface area contributed by atoms with E-state index in [-0.39, 0.29) is 5.91 Å². The highest BCUT2D eigenvalue weighted by Gasteiger charge is 2.08. The number of benzene rings is 3. The monoisotopic (exact) mass is 533 g/mol.